The minimum Gasteiger partial charge on any atom is -0.394 e. The van der Waals surface area contributed by atoms with Crippen LogP contribution in [0.25, 0.3) is 71.1 Å². The molecule has 12 aromatic rings. The predicted molar refractivity (Wildman–Crippen MR) is 431 cm³/mol. The standard InChI is InChI=1S/C17H15FIN5O3.C17H15FN8O3.C17H18FN5O4.C10H13FN6O2.C10H12FN5O3.N3.Na/c18-11-13(25)10(6-19)27-17(11)24-8-22-12-14(20-7-21-15(12)24)23-16(26)9-4-2-1-3-5-9;18-11-13(27)10(6-23-25-19)29-17(11)26-8-22-12-14(20-7-21-15(12)26)24-16(28)9-4-2-1-3-5-9;18-11-13(25)10(6-24)27-17(11)23-8-21-12-14(19-7-20-15(12)23)22-16(26)9-4-2-1-3-5-9;11-5-7(18)4(1-12)19-10(5)17-3-16-6-8(13)14-2-15-9(6)17;11-5-7(17)4(1-12)19-10(5)16-3-15-6-8(16)13-2-14-9(6)18;1-3-2;/h1-5,7-8,10-11,13,17,25H,6H2,(H,20,21,23,26);1-5,7-8,10-11,13,17,27H,6H2,(H,20,21,24,28);1-5,7-8,10-11,13-14,17,24-25H,6H2,(H,19,20)(H,22,26);2-5,7,10,18H,1,12H2,(H2,13,14,15);2-5,7,10,17H,1,12H2,(H,13,14,18);;/q;;;;;-1;+1/t2*10-,11-,13-,17-;10-,11-,13-,14?,17-;2*4-,5-,7-,10-;;/m11111../s1. The number of hydrogen-bond acceptors (Lipinski definition) is 33. The molecule has 3 aromatic carbocycles. The Morgan fingerprint density at radius 2 is 0.880 bits per heavy atom. The summed E-state index contributed by atoms with van der Waals surface area (Å²) < 4.78 is 106. The molecule has 0 radical (unpaired) electrons. The zero-order valence-corrected chi connectivity index (χ0v) is 68.8. The second-order valence-electron chi connectivity index (χ2n) is 27.2. The first-order valence-corrected chi connectivity index (χ1v) is 38.6. The molecule has 18 rings (SSSR count). The average molecular weight is 1860 g/mol. The molecule has 47 nitrogen and oxygen atoms in total. The number of nitrogens with one attached hydrogen (secondary N) is 5. The minimum atomic E-state index is -1.79. The van der Waals surface area contributed by atoms with Crippen molar-refractivity contribution in [2.45, 2.75) is 129 Å². The maximum absolute atomic E-state index is 14.6. The monoisotopic (exact) mass is 1860 g/mol. The molecule has 6 aliphatic heterocycles. The van der Waals surface area contributed by atoms with E-state index in [2.05, 4.69) is 101 Å². The van der Waals surface area contributed by atoms with Gasteiger partial charge < -0.3 is 109 Å². The first kappa shape index (κ1) is 92.2. The van der Waals surface area contributed by atoms with Crippen LogP contribution < -0.4 is 73.6 Å². The Morgan fingerprint density at radius 1 is 0.504 bits per heavy atom. The number of benzene rings is 3. The van der Waals surface area contributed by atoms with Crippen LogP contribution in [0.5, 0.6) is 0 Å². The third-order valence-electron chi connectivity index (χ3n) is 19.8. The van der Waals surface area contributed by atoms with E-state index >= 15 is 0 Å². The molecule has 5 fully saturated rings. The van der Waals surface area contributed by atoms with Crippen molar-refractivity contribution >= 4 is 115 Å². The Balaban J connectivity index is 0.000000142. The molecule has 3 amide bonds. The van der Waals surface area contributed by atoms with E-state index in [1.165, 1.54) is 91.0 Å². The number of anilines is 4. The van der Waals surface area contributed by atoms with E-state index in [9.17, 15) is 71.8 Å². The van der Waals surface area contributed by atoms with Crippen LogP contribution in [0.1, 0.15) is 74.1 Å². The molecule has 0 spiro atoms. The molecule has 15 heterocycles. The molecule has 650 valence electrons. The number of rotatable bonds is 17. The Bertz CT molecular complexity index is 5890. The SMILES string of the molecule is NC[C@H]1O[C@@H](n2cnc3c(=O)[nH]cnc32)[C@H](F)[C@@H]1O.NC[C@H]1O[C@@H](n2cnc3c(N)ncnc32)[C@H](F)[C@@H]1O.O=C(NC1N=CNc2c1ncn2[C@@H]1O[C@H](CO)[C@@H](O)[C@H]1F)c1ccccc1.O=C(Nc1ncnc2c1ncn2[C@@H]1O[C@H](CI)[C@@H](O)[C@H]1F)c1ccccc1.[N-]=[N+]=NC[C@H]1O[C@@H](n2cnc3c(NC(=O)c4ccccc4)ncnc32)[C@H](F)[C@@H]1O.[N-]=[N+]=[N-].[Na+]. The number of aromatic nitrogens is 18. The third kappa shape index (κ3) is 19.6. The fraction of sp³-hybridized carbons (Fsp3) is 0.366. The number of aromatic amines is 1. The zero-order valence-electron chi connectivity index (χ0n) is 64.7. The van der Waals surface area contributed by atoms with Gasteiger partial charge in [0.2, 0.25) is 0 Å². The Kier molecular flexibility index (Phi) is 30.7. The minimum absolute atomic E-state index is 0. The number of nitrogen functional groups attached to an aromatic ring is 1. The van der Waals surface area contributed by atoms with E-state index in [0.717, 1.165) is 0 Å². The number of azide groups is 1. The topological polar surface area (TPSA) is 677 Å². The molecular weight excluding hydrogens is 1790 g/mol. The molecule has 21 atom stereocenters. The molecule has 0 aliphatic carbocycles. The molecule has 0 saturated carbocycles. The van der Waals surface area contributed by atoms with Gasteiger partial charge in [0.15, 0.2) is 125 Å². The van der Waals surface area contributed by atoms with E-state index < -0.39 is 141 Å². The Labute approximate surface area is 733 Å². The summed E-state index contributed by atoms with van der Waals surface area (Å²) in [5.74, 6) is -0.0861. The van der Waals surface area contributed by atoms with Gasteiger partial charge in [0.25, 0.3) is 23.3 Å². The van der Waals surface area contributed by atoms with Crippen LogP contribution in [-0.4, -0.2) is 265 Å². The van der Waals surface area contributed by atoms with Crippen molar-refractivity contribution < 1.29 is 120 Å². The molecular formula is C71H73F5IN32NaO15. The summed E-state index contributed by atoms with van der Waals surface area (Å²) in [6.07, 6.45) is -12.7. The van der Waals surface area contributed by atoms with Crippen molar-refractivity contribution in [1.29, 1.82) is 0 Å². The second-order valence-corrected chi connectivity index (χ2v) is 28.1. The van der Waals surface area contributed by atoms with Crippen molar-refractivity contribution in [3.05, 3.63) is 207 Å². The first-order valence-electron chi connectivity index (χ1n) is 37.0. The molecule has 9 aromatic heterocycles. The summed E-state index contributed by atoms with van der Waals surface area (Å²) in [5, 5.41) is 72.6. The summed E-state index contributed by atoms with van der Waals surface area (Å²) in [6, 6.07) is 25.9. The first-order chi connectivity index (χ1) is 60.0. The van der Waals surface area contributed by atoms with Gasteiger partial charge in [-0.1, -0.05) is 82.3 Å². The number of carbonyl (C=O) groups is 3. The number of amides is 3. The number of aliphatic imine (C=N–C) groups is 1. The number of carbonyl (C=O) groups excluding carboxylic acids is 3. The molecule has 54 heteroatoms. The van der Waals surface area contributed by atoms with Gasteiger partial charge in [0.05, 0.1) is 69.7 Å². The van der Waals surface area contributed by atoms with Crippen LogP contribution in [0, 0.1) is 0 Å². The molecule has 1 unspecified atom stereocenters. The summed E-state index contributed by atoms with van der Waals surface area (Å²) in [5.41, 5.74) is 41.8. The van der Waals surface area contributed by atoms with Gasteiger partial charge in [-0.15, -0.1) is 0 Å². The number of fused-ring (bicyclic) bond motifs is 5. The number of imidazole rings is 5. The fourth-order valence-corrected chi connectivity index (χ4v) is 14.3. The van der Waals surface area contributed by atoms with Crippen molar-refractivity contribution in [2.24, 2.45) is 21.6 Å². The number of nitrogens with two attached hydrogens (primary N) is 3. The van der Waals surface area contributed by atoms with Gasteiger partial charge in [-0.2, -0.15) is 0 Å². The van der Waals surface area contributed by atoms with Crippen LogP contribution >= 0.6 is 22.6 Å². The number of H-pyrrole nitrogens is 1. The van der Waals surface area contributed by atoms with E-state index in [1.807, 2.05) is 34.7 Å². The van der Waals surface area contributed by atoms with Crippen molar-refractivity contribution in [1.82, 2.24) is 92.9 Å². The van der Waals surface area contributed by atoms with Gasteiger partial charge in [0, 0.05) is 39.1 Å². The largest absolute Gasteiger partial charge is 1.00 e. The number of nitrogens with zero attached hydrogens (tertiary/aromatic N) is 24. The summed E-state index contributed by atoms with van der Waals surface area (Å²) in [6.45, 7) is -0.686. The number of aliphatic hydroxyl groups excluding tert-OH is 6. The summed E-state index contributed by atoms with van der Waals surface area (Å²) in [7, 11) is 0. The van der Waals surface area contributed by atoms with Crippen LogP contribution in [0.4, 0.5) is 45.2 Å². The van der Waals surface area contributed by atoms with E-state index in [1.54, 1.807) is 78.9 Å². The summed E-state index contributed by atoms with van der Waals surface area (Å²) >= 11 is 2.04. The van der Waals surface area contributed by atoms with Gasteiger partial charge in [-0.25, -0.2) is 86.8 Å². The predicted octanol–water partition coefficient (Wildman–Crippen LogP) is -0.0421. The van der Waals surface area contributed by atoms with Gasteiger partial charge in [-0.3, -0.25) is 46.9 Å². The maximum Gasteiger partial charge on any atom is 1.00 e. The quantitative estimate of drug-likeness (QED) is 0.0108. The van der Waals surface area contributed by atoms with Crippen molar-refractivity contribution in [2.75, 3.05) is 52.4 Å². The van der Waals surface area contributed by atoms with Gasteiger partial charge in [-0.05, 0) is 41.9 Å². The zero-order chi connectivity index (χ0) is 88.2. The van der Waals surface area contributed by atoms with Crippen LogP contribution in [0.15, 0.2) is 163 Å². The van der Waals surface area contributed by atoms with Crippen molar-refractivity contribution in [3.8, 4) is 0 Å². The smallest absolute Gasteiger partial charge is 0.394 e. The number of aliphatic hydroxyl groups is 6. The second kappa shape index (κ2) is 41.7. The summed E-state index contributed by atoms with van der Waals surface area (Å²) in [4.78, 5) is 108. The molecule has 0 bridgehead atoms. The van der Waals surface area contributed by atoms with E-state index in [4.69, 9.17) is 57.5 Å². The maximum atomic E-state index is 14.6. The van der Waals surface area contributed by atoms with E-state index in [-0.39, 0.29) is 107 Å². The van der Waals surface area contributed by atoms with Crippen molar-refractivity contribution in [3.63, 3.8) is 0 Å². The molecule has 17 N–H and O–H groups in total. The van der Waals surface area contributed by atoms with Crippen LogP contribution in [-0.2, 0) is 23.7 Å². The number of hydrogen-bond donors (Lipinski definition) is 14. The third-order valence-corrected chi connectivity index (χ3v) is 20.6. The Morgan fingerprint density at radius 3 is 1.31 bits per heavy atom. The van der Waals surface area contributed by atoms with Gasteiger partial charge >= 0.3 is 29.6 Å². The average Bonchev–Trinajstić information content (AvgIpc) is 1.64. The molecule has 6 aliphatic rings. The van der Waals surface area contributed by atoms with E-state index in [0.29, 0.717) is 55.0 Å². The van der Waals surface area contributed by atoms with Crippen LogP contribution in [0.3, 0.4) is 0 Å². The van der Waals surface area contributed by atoms with Crippen LogP contribution in [0.2, 0.25) is 0 Å². The fourth-order valence-electron chi connectivity index (χ4n) is 13.5. The number of ether oxygens (including phenoxy) is 5. The normalized spacial score (nSPS) is 26.7. The number of alkyl halides is 6. The van der Waals surface area contributed by atoms with Gasteiger partial charge in [0.1, 0.15) is 84.8 Å². The number of halogens is 6. The molecule has 5 saturated heterocycles. The Hall–Kier alpha value is -12.0. The molecule has 125 heavy (non-hydrogen) atoms.